The lowest BCUT2D eigenvalue weighted by Crippen LogP contribution is -2.41. The number of thiazole rings is 1. The zero-order chi connectivity index (χ0) is 20.5. The number of nitrogens with zero attached hydrogens (tertiary/aromatic N) is 3. The molecule has 1 saturated heterocycles. The van der Waals surface area contributed by atoms with Crippen LogP contribution in [0.4, 0.5) is 4.39 Å². The Morgan fingerprint density at radius 1 is 1.17 bits per heavy atom. The Balaban J connectivity index is 0.00000256. The van der Waals surface area contributed by atoms with E-state index >= 15 is 0 Å². The maximum absolute atomic E-state index is 14.8. The van der Waals surface area contributed by atoms with Crippen LogP contribution in [0.3, 0.4) is 0 Å². The molecular formula is C23H30FN3OS2. The first-order valence-electron chi connectivity index (χ1n) is 10.3. The molecule has 0 amide bonds. The van der Waals surface area contributed by atoms with Crippen LogP contribution in [0.2, 0.25) is 0 Å². The van der Waals surface area contributed by atoms with Gasteiger partial charge in [0.25, 0.3) is 0 Å². The number of rotatable bonds is 5. The fourth-order valence-corrected chi connectivity index (χ4v) is 5.10. The Labute approximate surface area is 188 Å². The molecule has 0 spiro atoms. The highest BCUT2D eigenvalue weighted by Crippen LogP contribution is 2.32. The molecule has 1 aliphatic heterocycles. The molecule has 0 radical (unpaired) electrons. The van der Waals surface area contributed by atoms with Crippen LogP contribution in [0, 0.1) is 26.6 Å². The third kappa shape index (κ3) is 5.19. The van der Waals surface area contributed by atoms with Crippen LogP contribution in [0.25, 0.3) is 10.2 Å². The molecule has 0 bridgehead atoms. The topological polar surface area (TPSA) is 38.2 Å². The quantitative estimate of drug-likeness (QED) is 0.509. The van der Waals surface area contributed by atoms with E-state index < -0.39 is 0 Å². The molecule has 1 fully saturated rings. The van der Waals surface area contributed by atoms with E-state index in [0.717, 1.165) is 63.7 Å². The molecular weight excluding hydrogens is 417 g/mol. The first-order chi connectivity index (χ1) is 13.9. The summed E-state index contributed by atoms with van der Waals surface area (Å²) in [6.07, 6.45) is 2.26. The molecule has 1 aliphatic rings. The van der Waals surface area contributed by atoms with Gasteiger partial charge in [-0.3, -0.25) is 9.88 Å². The van der Waals surface area contributed by atoms with Crippen LogP contribution in [0.5, 0.6) is 0 Å². The molecule has 30 heavy (non-hydrogen) atoms. The Morgan fingerprint density at radius 2 is 1.90 bits per heavy atom. The number of aryl methyl sites for hydroxylation is 3. The number of halogens is 1. The number of likely N-dealkylation sites (tertiary alicyclic amines) is 1. The predicted molar refractivity (Wildman–Crippen MR) is 126 cm³/mol. The van der Waals surface area contributed by atoms with Crippen LogP contribution in [-0.2, 0) is 11.3 Å². The standard InChI is InChI=1S/C23H28FN3OS.H2S/c1-14-8-18(9-15(2)25-14)13-28-19-6-5-7-27(12-19)16(3)20-10-22-23(11-21(20)24)29-17(4)26-22;/h8-11,16,19H,5-7,12-13H2,1-4H3;1H2/t16?,19-;/m0./s1. The van der Waals surface area contributed by atoms with Gasteiger partial charge in [0.05, 0.1) is 27.9 Å². The van der Waals surface area contributed by atoms with Crippen molar-refractivity contribution in [3.05, 3.63) is 57.6 Å². The summed E-state index contributed by atoms with van der Waals surface area (Å²) in [4.78, 5) is 11.3. The number of hydrogen-bond acceptors (Lipinski definition) is 5. The molecule has 1 aromatic carbocycles. The molecule has 2 aromatic heterocycles. The highest BCUT2D eigenvalue weighted by atomic mass is 32.1. The molecule has 4 rings (SSSR count). The summed E-state index contributed by atoms with van der Waals surface area (Å²) in [6, 6.07) is 7.72. The molecule has 1 unspecified atom stereocenters. The largest absolute Gasteiger partial charge is 0.372 e. The van der Waals surface area contributed by atoms with E-state index in [1.807, 2.05) is 26.8 Å². The fraction of sp³-hybridized carbons (Fsp3) is 0.478. The van der Waals surface area contributed by atoms with Crippen LogP contribution in [-0.4, -0.2) is 34.1 Å². The zero-order valence-corrected chi connectivity index (χ0v) is 19.9. The van der Waals surface area contributed by atoms with E-state index in [4.69, 9.17) is 4.74 Å². The van der Waals surface area contributed by atoms with E-state index in [9.17, 15) is 4.39 Å². The molecule has 162 valence electrons. The highest BCUT2D eigenvalue weighted by Gasteiger charge is 2.27. The molecule has 0 saturated carbocycles. The number of piperidine rings is 1. The molecule has 0 N–H and O–H groups in total. The van der Waals surface area contributed by atoms with E-state index in [1.54, 1.807) is 6.07 Å². The van der Waals surface area contributed by atoms with Gasteiger partial charge in [-0.1, -0.05) is 0 Å². The molecule has 7 heteroatoms. The minimum atomic E-state index is -0.139. The highest BCUT2D eigenvalue weighted by molar-refractivity contribution is 7.59. The number of aromatic nitrogens is 2. The van der Waals surface area contributed by atoms with Crippen molar-refractivity contribution >= 4 is 35.0 Å². The van der Waals surface area contributed by atoms with Crippen molar-refractivity contribution in [2.75, 3.05) is 13.1 Å². The average Bonchev–Trinajstić information content (AvgIpc) is 3.03. The van der Waals surface area contributed by atoms with Gasteiger partial charge in [0.15, 0.2) is 0 Å². The van der Waals surface area contributed by atoms with Gasteiger partial charge in [0, 0.05) is 29.5 Å². The number of pyridine rings is 1. The van der Waals surface area contributed by atoms with Gasteiger partial charge in [-0.2, -0.15) is 13.5 Å². The summed E-state index contributed by atoms with van der Waals surface area (Å²) in [6.45, 7) is 10.4. The van der Waals surface area contributed by atoms with Crippen LogP contribution in [0.1, 0.15) is 53.3 Å². The summed E-state index contributed by atoms with van der Waals surface area (Å²) in [5.41, 5.74) is 4.82. The molecule has 4 nitrogen and oxygen atoms in total. The van der Waals surface area contributed by atoms with Crippen molar-refractivity contribution in [3.8, 4) is 0 Å². The van der Waals surface area contributed by atoms with Gasteiger partial charge >= 0.3 is 0 Å². The molecule has 3 heterocycles. The third-order valence-corrected chi connectivity index (χ3v) is 6.58. The summed E-state index contributed by atoms with van der Waals surface area (Å²) < 4.78 is 21.9. The summed E-state index contributed by atoms with van der Waals surface area (Å²) in [5, 5.41) is 0.970. The van der Waals surface area contributed by atoms with Crippen LogP contribution in [0.15, 0.2) is 24.3 Å². The summed E-state index contributed by atoms with van der Waals surface area (Å²) in [5.74, 6) is -0.139. The molecule has 3 aromatic rings. The van der Waals surface area contributed by atoms with Crippen molar-refractivity contribution in [1.82, 2.24) is 14.9 Å². The number of ether oxygens (including phenoxy) is 1. The van der Waals surface area contributed by atoms with Gasteiger partial charge in [-0.15, -0.1) is 11.3 Å². The van der Waals surface area contributed by atoms with Gasteiger partial charge < -0.3 is 4.74 Å². The van der Waals surface area contributed by atoms with E-state index in [2.05, 4.69) is 33.9 Å². The molecule has 2 atom stereocenters. The lowest BCUT2D eigenvalue weighted by atomic mass is 10.0. The average molecular weight is 448 g/mol. The van der Waals surface area contributed by atoms with Gasteiger partial charge in [0.1, 0.15) is 5.82 Å². The van der Waals surface area contributed by atoms with Crippen molar-refractivity contribution in [3.63, 3.8) is 0 Å². The van der Waals surface area contributed by atoms with Gasteiger partial charge in [-0.25, -0.2) is 9.37 Å². The van der Waals surface area contributed by atoms with E-state index in [0.29, 0.717) is 6.61 Å². The van der Waals surface area contributed by atoms with E-state index in [-0.39, 0.29) is 31.5 Å². The fourth-order valence-electron chi connectivity index (χ4n) is 4.27. The van der Waals surface area contributed by atoms with E-state index in [1.165, 1.54) is 11.3 Å². The normalized spacial score (nSPS) is 18.4. The SMILES string of the molecule is Cc1cc(CO[C@H]2CCCN(C(C)c3cc4nc(C)sc4cc3F)C2)cc(C)n1.S. The van der Waals surface area contributed by atoms with Crippen molar-refractivity contribution in [2.24, 2.45) is 0 Å². The maximum atomic E-state index is 14.8. The lowest BCUT2D eigenvalue weighted by Gasteiger charge is -2.37. The zero-order valence-electron chi connectivity index (χ0n) is 18.0. The van der Waals surface area contributed by atoms with Crippen LogP contribution < -0.4 is 0 Å². The molecule has 0 aliphatic carbocycles. The number of benzene rings is 1. The predicted octanol–water partition coefficient (Wildman–Crippen LogP) is 5.61. The minimum Gasteiger partial charge on any atom is -0.372 e. The first kappa shape index (κ1) is 23.1. The Kier molecular flexibility index (Phi) is 7.50. The van der Waals surface area contributed by atoms with Crippen molar-refractivity contribution in [2.45, 2.75) is 59.3 Å². The monoisotopic (exact) mass is 447 g/mol. The second kappa shape index (κ2) is 9.73. The van der Waals surface area contributed by atoms with Gasteiger partial charge in [-0.05, 0) is 76.9 Å². The third-order valence-electron chi connectivity index (χ3n) is 5.65. The smallest absolute Gasteiger partial charge is 0.129 e. The Hall–Kier alpha value is -1.54. The first-order valence-corrected chi connectivity index (χ1v) is 11.1. The second-order valence-corrected chi connectivity index (χ2v) is 9.31. The number of fused-ring (bicyclic) bond motifs is 1. The summed E-state index contributed by atoms with van der Waals surface area (Å²) >= 11 is 1.54. The van der Waals surface area contributed by atoms with Crippen molar-refractivity contribution < 1.29 is 9.13 Å². The Bertz CT molecular complexity index is 1000. The van der Waals surface area contributed by atoms with Gasteiger partial charge in [0.2, 0.25) is 0 Å². The lowest BCUT2D eigenvalue weighted by molar-refractivity contribution is -0.0202. The minimum absolute atomic E-state index is 0. The van der Waals surface area contributed by atoms with Crippen molar-refractivity contribution in [1.29, 1.82) is 0 Å². The maximum Gasteiger partial charge on any atom is 0.129 e. The number of hydrogen-bond donors (Lipinski definition) is 0. The second-order valence-electron chi connectivity index (χ2n) is 8.08. The Morgan fingerprint density at radius 3 is 2.63 bits per heavy atom. The van der Waals surface area contributed by atoms with Crippen LogP contribution >= 0.6 is 24.8 Å². The summed E-state index contributed by atoms with van der Waals surface area (Å²) in [7, 11) is 0.